The molecule has 1 aromatic rings. The molecule has 0 N–H and O–H groups in total. The van der Waals surface area contributed by atoms with E-state index in [1.165, 1.54) is 7.11 Å². The molecule has 6 nitrogen and oxygen atoms in total. The second kappa shape index (κ2) is 6.34. The quantitative estimate of drug-likeness (QED) is 0.565. The van der Waals surface area contributed by atoms with Crippen LogP contribution in [-0.4, -0.2) is 49.6 Å². The molecule has 2 amide bonds. The Labute approximate surface area is 123 Å². The molecule has 21 heavy (non-hydrogen) atoms. The van der Waals surface area contributed by atoms with Crippen LogP contribution >= 0.6 is 0 Å². The topological polar surface area (TPSA) is 65.1 Å². The van der Waals surface area contributed by atoms with Crippen molar-refractivity contribution in [1.82, 2.24) is 4.90 Å². The monoisotopic (exact) mass is 293 g/mol. The minimum atomic E-state index is -1.43. The molecule has 0 saturated heterocycles. The summed E-state index contributed by atoms with van der Waals surface area (Å²) in [4.78, 5) is 25.8. The number of rotatable bonds is 7. The number of hydrogen-bond donors (Lipinski definition) is 0. The van der Waals surface area contributed by atoms with E-state index in [9.17, 15) is 9.59 Å². The summed E-state index contributed by atoms with van der Waals surface area (Å²) in [7, 11) is 1.42. The molecular formula is C15H19NO5. The van der Waals surface area contributed by atoms with Gasteiger partial charge in [-0.3, -0.25) is 14.5 Å². The zero-order chi connectivity index (χ0) is 15.5. The molecule has 0 unspecified atom stereocenters. The van der Waals surface area contributed by atoms with Gasteiger partial charge in [-0.25, -0.2) is 0 Å². The van der Waals surface area contributed by atoms with E-state index in [4.69, 9.17) is 14.2 Å². The van der Waals surface area contributed by atoms with Crippen LogP contribution < -0.4 is 0 Å². The average molecular weight is 293 g/mol. The normalized spacial score (nSPS) is 14.7. The number of hydrogen-bond acceptors (Lipinski definition) is 5. The highest BCUT2D eigenvalue weighted by molar-refractivity contribution is 6.21. The summed E-state index contributed by atoms with van der Waals surface area (Å²) in [5.41, 5.74) is 0.779. The van der Waals surface area contributed by atoms with Gasteiger partial charge in [0.25, 0.3) is 11.8 Å². The number of imide groups is 1. The summed E-state index contributed by atoms with van der Waals surface area (Å²) in [6.07, 6.45) is 0. The standard InChI is InChI=1S/C15H19NO5/c1-4-20-15(19-3,21-5-2)10-16-13(17)11-8-6-7-9-12(11)14(16)18/h6-9H,4-5,10H2,1-3H3. The van der Waals surface area contributed by atoms with Crippen molar-refractivity contribution in [3.05, 3.63) is 35.4 Å². The van der Waals surface area contributed by atoms with Crippen LogP contribution in [0, 0.1) is 0 Å². The van der Waals surface area contributed by atoms with E-state index in [0.29, 0.717) is 24.3 Å². The SMILES string of the molecule is CCOC(CN1C(=O)c2ccccc2C1=O)(OC)OCC. The molecule has 114 valence electrons. The zero-order valence-electron chi connectivity index (χ0n) is 12.4. The summed E-state index contributed by atoms with van der Waals surface area (Å²) in [5.74, 6) is -2.16. The fraction of sp³-hybridized carbons (Fsp3) is 0.467. The molecule has 0 fully saturated rings. The van der Waals surface area contributed by atoms with Crippen LogP contribution in [0.5, 0.6) is 0 Å². The minimum Gasteiger partial charge on any atom is -0.329 e. The van der Waals surface area contributed by atoms with Crippen LogP contribution in [0.25, 0.3) is 0 Å². The maximum atomic E-state index is 12.3. The minimum absolute atomic E-state index is 0.114. The molecule has 0 atom stereocenters. The summed E-state index contributed by atoms with van der Waals surface area (Å²) in [6, 6.07) is 6.71. The van der Waals surface area contributed by atoms with E-state index in [-0.39, 0.29) is 18.4 Å². The van der Waals surface area contributed by atoms with Gasteiger partial charge in [0.15, 0.2) is 0 Å². The van der Waals surface area contributed by atoms with Gasteiger partial charge in [0.05, 0.1) is 11.1 Å². The zero-order valence-corrected chi connectivity index (χ0v) is 12.4. The van der Waals surface area contributed by atoms with E-state index in [1.807, 2.05) is 0 Å². The number of carbonyl (C=O) groups is 2. The van der Waals surface area contributed by atoms with Crippen molar-refractivity contribution in [2.24, 2.45) is 0 Å². The van der Waals surface area contributed by atoms with Crippen molar-refractivity contribution in [3.63, 3.8) is 0 Å². The summed E-state index contributed by atoms with van der Waals surface area (Å²) < 4.78 is 16.3. The number of fused-ring (bicyclic) bond motifs is 1. The highest BCUT2D eigenvalue weighted by Gasteiger charge is 2.43. The fourth-order valence-electron chi connectivity index (χ4n) is 2.33. The van der Waals surface area contributed by atoms with Crippen molar-refractivity contribution in [2.75, 3.05) is 26.9 Å². The van der Waals surface area contributed by atoms with Crippen LogP contribution in [-0.2, 0) is 14.2 Å². The van der Waals surface area contributed by atoms with Crippen molar-refractivity contribution in [2.45, 2.75) is 19.8 Å². The maximum Gasteiger partial charge on any atom is 0.301 e. The lowest BCUT2D eigenvalue weighted by molar-refractivity contribution is -0.368. The van der Waals surface area contributed by atoms with E-state index >= 15 is 0 Å². The largest absolute Gasteiger partial charge is 0.329 e. The fourth-order valence-corrected chi connectivity index (χ4v) is 2.33. The lowest BCUT2D eigenvalue weighted by Gasteiger charge is -2.33. The Bertz CT molecular complexity index is 502. The van der Waals surface area contributed by atoms with Crippen molar-refractivity contribution in [1.29, 1.82) is 0 Å². The lowest BCUT2D eigenvalue weighted by atomic mass is 10.1. The molecule has 1 heterocycles. The van der Waals surface area contributed by atoms with Crippen LogP contribution in [0.4, 0.5) is 0 Å². The summed E-state index contributed by atoms with van der Waals surface area (Å²) in [5, 5.41) is 0. The van der Waals surface area contributed by atoms with E-state index in [2.05, 4.69) is 0 Å². The molecule has 0 aromatic heterocycles. The number of ether oxygens (including phenoxy) is 3. The Balaban J connectivity index is 2.27. The van der Waals surface area contributed by atoms with Gasteiger partial charge in [0, 0.05) is 20.3 Å². The van der Waals surface area contributed by atoms with Crippen LogP contribution in [0.2, 0.25) is 0 Å². The van der Waals surface area contributed by atoms with Gasteiger partial charge < -0.3 is 14.2 Å². The van der Waals surface area contributed by atoms with Crippen molar-refractivity contribution in [3.8, 4) is 0 Å². The highest BCUT2D eigenvalue weighted by Crippen LogP contribution is 2.26. The Morgan fingerprint density at radius 3 is 1.86 bits per heavy atom. The third kappa shape index (κ3) is 2.83. The molecular weight excluding hydrogens is 274 g/mol. The van der Waals surface area contributed by atoms with E-state index < -0.39 is 5.97 Å². The Hall–Kier alpha value is -1.76. The molecule has 0 spiro atoms. The maximum absolute atomic E-state index is 12.3. The number of nitrogens with zero attached hydrogens (tertiary/aromatic N) is 1. The van der Waals surface area contributed by atoms with E-state index in [0.717, 1.165) is 4.90 Å². The smallest absolute Gasteiger partial charge is 0.301 e. The molecule has 1 aliphatic heterocycles. The number of methoxy groups -OCH3 is 1. The first-order valence-electron chi connectivity index (χ1n) is 6.86. The molecule has 0 radical (unpaired) electrons. The molecule has 6 heteroatoms. The van der Waals surface area contributed by atoms with Gasteiger partial charge in [0.1, 0.15) is 6.54 Å². The first-order chi connectivity index (χ1) is 10.1. The third-order valence-corrected chi connectivity index (χ3v) is 3.27. The first kappa shape index (κ1) is 15.6. The van der Waals surface area contributed by atoms with Gasteiger partial charge in [-0.05, 0) is 26.0 Å². The second-order valence-corrected chi connectivity index (χ2v) is 4.50. The third-order valence-electron chi connectivity index (χ3n) is 3.27. The Morgan fingerprint density at radius 2 is 1.48 bits per heavy atom. The average Bonchev–Trinajstić information content (AvgIpc) is 2.73. The van der Waals surface area contributed by atoms with Gasteiger partial charge in [0.2, 0.25) is 0 Å². The number of benzene rings is 1. The number of amides is 2. The van der Waals surface area contributed by atoms with Crippen LogP contribution in [0.15, 0.2) is 24.3 Å². The first-order valence-corrected chi connectivity index (χ1v) is 6.86. The van der Waals surface area contributed by atoms with Crippen LogP contribution in [0.1, 0.15) is 34.6 Å². The molecule has 0 bridgehead atoms. The van der Waals surface area contributed by atoms with Crippen molar-refractivity contribution >= 4 is 11.8 Å². The molecule has 0 saturated carbocycles. The molecule has 1 aliphatic rings. The van der Waals surface area contributed by atoms with Gasteiger partial charge in [-0.15, -0.1) is 0 Å². The molecule has 1 aromatic carbocycles. The highest BCUT2D eigenvalue weighted by atomic mass is 16.9. The summed E-state index contributed by atoms with van der Waals surface area (Å²) >= 11 is 0. The predicted octanol–water partition coefficient (Wildman–Crippen LogP) is 1.66. The summed E-state index contributed by atoms with van der Waals surface area (Å²) in [6.45, 7) is 4.12. The molecule has 0 aliphatic carbocycles. The van der Waals surface area contributed by atoms with E-state index in [1.54, 1.807) is 38.1 Å². The van der Waals surface area contributed by atoms with Crippen LogP contribution in [0.3, 0.4) is 0 Å². The van der Waals surface area contributed by atoms with Gasteiger partial charge in [-0.1, -0.05) is 12.1 Å². The lowest BCUT2D eigenvalue weighted by Crippen LogP contribution is -2.50. The Morgan fingerprint density at radius 1 is 1.00 bits per heavy atom. The molecule has 2 rings (SSSR count). The predicted molar refractivity (Wildman–Crippen MR) is 74.8 cm³/mol. The number of carbonyl (C=O) groups excluding carboxylic acids is 2. The van der Waals surface area contributed by atoms with Gasteiger partial charge >= 0.3 is 5.97 Å². The van der Waals surface area contributed by atoms with Crippen molar-refractivity contribution < 1.29 is 23.8 Å². The Kier molecular flexibility index (Phi) is 4.72. The van der Waals surface area contributed by atoms with Gasteiger partial charge in [-0.2, -0.15) is 0 Å². The second-order valence-electron chi connectivity index (χ2n) is 4.50.